The summed E-state index contributed by atoms with van der Waals surface area (Å²) >= 11 is 0. The topological polar surface area (TPSA) is 53.5 Å². The van der Waals surface area contributed by atoms with Crippen molar-refractivity contribution in [3.8, 4) is 11.1 Å². The molecule has 236 valence electrons. The first-order chi connectivity index (χ1) is 23.2. The van der Waals surface area contributed by atoms with Crippen LogP contribution in [-0.2, 0) is 4.74 Å². The minimum absolute atomic E-state index is 0.00897. The van der Waals surface area contributed by atoms with Gasteiger partial charge < -0.3 is 19.9 Å². The largest absolute Gasteiger partial charge is 0.472 e. The van der Waals surface area contributed by atoms with E-state index in [1.165, 1.54) is 22.5 Å². The van der Waals surface area contributed by atoms with Crippen molar-refractivity contribution in [2.24, 2.45) is 17.8 Å². The lowest BCUT2D eigenvalue weighted by Gasteiger charge is -2.36. The van der Waals surface area contributed by atoms with Crippen LogP contribution in [0.25, 0.3) is 16.7 Å². The maximum Gasteiger partial charge on any atom is 0.176 e. The van der Waals surface area contributed by atoms with E-state index in [1.807, 2.05) is 12.4 Å². The average Bonchev–Trinajstić information content (AvgIpc) is 3.72. The molecule has 0 radical (unpaired) electrons. The van der Waals surface area contributed by atoms with Gasteiger partial charge in [-0.15, -0.1) is 0 Å². The average molecular weight is 620 g/mol. The van der Waals surface area contributed by atoms with E-state index >= 15 is 0 Å². The highest BCUT2D eigenvalue weighted by Crippen LogP contribution is 2.51. The van der Waals surface area contributed by atoms with Crippen molar-refractivity contribution in [2.45, 2.75) is 49.9 Å². The van der Waals surface area contributed by atoms with Crippen LogP contribution < -0.4 is 5.32 Å². The normalized spacial score (nSPS) is 31.6. The fourth-order valence-corrected chi connectivity index (χ4v) is 8.52. The molecule has 4 aliphatic carbocycles. The van der Waals surface area contributed by atoms with E-state index in [9.17, 15) is 0 Å². The number of hydrogen-bond donors (Lipinski definition) is 1. The maximum absolute atomic E-state index is 6.83. The molecule has 47 heavy (non-hydrogen) atoms. The van der Waals surface area contributed by atoms with Crippen LogP contribution in [0.4, 0.5) is 0 Å². The lowest BCUT2D eigenvalue weighted by atomic mass is 9.79. The third kappa shape index (κ3) is 5.11. The molecule has 6 heteroatoms. The molecule has 1 fully saturated rings. The fourth-order valence-electron chi connectivity index (χ4n) is 8.52. The quantitative estimate of drug-likeness (QED) is 0.352. The van der Waals surface area contributed by atoms with Gasteiger partial charge in [-0.2, -0.15) is 0 Å². The van der Waals surface area contributed by atoms with Crippen molar-refractivity contribution in [3.63, 3.8) is 0 Å². The Morgan fingerprint density at radius 3 is 2.72 bits per heavy atom. The molecular formula is C41H41N5O. The molecule has 0 bridgehead atoms. The highest BCUT2D eigenvalue weighted by atomic mass is 16.5. The zero-order valence-corrected chi connectivity index (χ0v) is 26.8. The summed E-state index contributed by atoms with van der Waals surface area (Å²) in [5.74, 6) is 2.41. The van der Waals surface area contributed by atoms with Crippen molar-refractivity contribution >= 4 is 5.57 Å². The van der Waals surface area contributed by atoms with Crippen molar-refractivity contribution in [1.82, 2.24) is 25.1 Å². The molecule has 7 unspecified atom stereocenters. The van der Waals surface area contributed by atoms with E-state index in [-0.39, 0.29) is 18.2 Å². The third-order valence-corrected chi connectivity index (χ3v) is 10.9. The summed E-state index contributed by atoms with van der Waals surface area (Å²) in [5, 5.41) is 3.74. The summed E-state index contributed by atoms with van der Waals surface area (Å²) in [5.41, 5.74) is 8.15. The molecule has 0 amide bonds. The van der Waals surface area contributed by atoms with Gasteiger partial charge in [-0.3, -0.25) is 9.97 Å². The van der Waals surface area contributed by atoms with Crippen LogP contribution in [0, 0.1) is 17.8 Å². The van der Waals surface area contributed by atoms with Crippen LogP contribution in [-0.4, -0.2) is 51.7 Å². The Kier molecular flexibility index (Phi) is 7.10. The van der Waals surface area contributed by atoms with E-state index < -0.39 is 0 Å². The summed E-state index contributed by atoms with van der Waals surface area (Å²) in [6.07, 6.45) is 40.2. The highest BCUT2D eigenvalue weighted by molar-refractivity contribution is 5.76. The van der Waals surface area contributed by atoms with Crippen LogP contribution in [0.1, 0.15) is 43.0 Å². The van der Waals surface area contributed by atoms with E-state index in [0.29, 0.717) is 23.8 Å². The van der Waals surface area contributed by atoms with Crippen molar-refractivity contribution < 1.29 is 4.74 Å². The number of nitrogens with one attached hydrogen (secondary N) is 1. The van der Waals surface area contributed by atoms with Crippen molar-refractivity contribution in [3.05, 3.63) is 150 Å². The van der Waals surface area contributed by atoms with Gasteiger partial charge in [-0.25, -0.2) is 0 Å². The molecule has 2 aromatic rings. The molecule has 6 nitrogen and oxygen atoms in total. The van der Waals surface area contributed by atoms with Gasteiger partial charge in [-0.1, -0.05) is 60.8 Å². The number of nitrogens with zero attached hydrogens (tertiary/aromatic N) is 4. The second-order valence-electron chi connectivity index (χ2n) is 13.8. The summed E-state index contributed by atoms with van der Waals surface area (Å²) in [6.45, 7) is 0.882. The Morgan fingerprint density at radius 2 is 1.87 bits per heavy atom. The summed E-state index contributed by atoms with van der Waals surface area (Å²) in [6, 6.07) is 9.39. The number of hydrogen-bond acceptors (Lipinski definition) is 6. The van der Waals surface area contributed by atoms with Crippen LogP contribution in [0.3, 0.4) is 0 Å². The van der Waals surface area contributed by atoms with Crippen LogP contribution in [0.2, 0.25) is 0 Å². The molecular weight excluding hydrogens is 578 g/mol. The smallest absolute Gasteiger partial charge is 0.176 e. The molecule has 9 rings (SSSR count). The number of allylic oxidation sites excluding steroid dienone is 10. The van der Waals surface area contributed by atoms with Crippen molar-refractivity contribution in [2.75, 3.05) is 13.6 Å². The van der Waals surface area contributed by atoms with Gasteiger partial charge in [0.05, 0.1) is 23.4 Å². The van der Waals surface area contributed by atoms with Gasteiger partial charge in [0.15, 0.2) is 6.23 Å². The van der Waals surface area contributed by atoms with Crippen LogP contribution in [0.5, 0.6) is 0 Å². The molecule has 0 saturated carbocycles. The van der Waals surface area contributed by atoms with Crippen LogP contribution >= 0.6 is 0 Å². The molecule has 2 aromatic heterocycles. The van der Waals surface area contributed by atoms with E-state index in [1.54, 1.807) is 0 Å². The third-order valence-electron chi connectivity index (χ3n) is 10.9. The molecule has 7 atom stereocenters. The first kappa shape index (κ1) is 28.4. The number of fused-ring (bicyclic) bond motifs is 4. The fraction of sp³-hybridized carbons (Fsp3) is 0.317. The lowest BCUT2D eigenvalue weighted by Crippen LogP contribution is -2.37. The summed E-state index contributed by atoms with van der Waals surface area (Å²) in [4.78, 5) is 14.5. The zero-order valence-electron chi connectivity index (χ0n) is 26.8. The second kappa shape index (κ2) is 11.8. The van der Waals surface area contributed by atoms with Gasteiger partial charge in [-0.05, 0) is 91.1 Å². The zero-order chi connectivity index (χ0) is 31.3. The second-order valence-corrected chi connectivity index (χ2v) is 13.8. The van der Waals surface area contributed by atoms with Gasteiger partial charge in [0.2, 0.25) is 0 Å². The Balaban J connectivity index is 1.05. The van der Waals surface area contributed by atoms with E-state index in [4.69, 9.17) is 9.72 Å². The van der Waals surface area contributed by atoms with Crippen LogP contribution in [0.15, 0.2) is 139 Å². The standard InChI is InChI=1S/C41H41N5O/c1-45-22-18-28(19-23-45)35-25-31(27-16-20-42-21-17-27)26-36(43-35)30-10-7-11-32(24-30)46-37-13-6-5-12-33(37)39-38(46)15-14-34-40(39)47-41(44-34)29-8-3-2-4-9-29/h2-5,7-8,11-12,14-22,24-26,29-30,33,37-39,41,44H,6,9-10,13,23H2,1H3. The monoisotopic (exact) mass is 619 g/mol. The first-order valence-corrected chi connectivity index (χ1v) is 17.2. The van der Waals surface area contributed by atoms with Crippen molar-refractivity contribution in [1.29, 1.82) is 0 Å². The Labute approximate surface area is 277 Å². The number of pyridine rings is 2. The summed E-state index contributed by atoms with van der Waals surface area (Å²) in [7, 11) is 2.10. The molecule has 0 aromatic carbocycles. The molecule has 7 aliphatic rings. The Hall–Kier alpha value is -4.84. The lowest BCUT2D eigenvalue weighted by molar-refractivity contribution is 0.0683. The molecule has 0 spiro atoms. The number of aromatic nitrogens is 2. The van der Waals surface area contributed by atoms with Gasteiger partial charge in [0.1, 0.15) is 5.76 Å². The minimum Gasteiger partial charge on any atom is -0.472 e. The first-order valence-electron chi connectivity index (χ1n) is 17.2. The molecule has 3 aliphatic heterocycles. The predicted molar refractivity (Wildman–Crippen MR) is 187 cm³/mol. The maximum atomic E-state index is 6.83. The highest BCUT2D eigenvalue weighted by Gasteiger charge is 2.53. The minimum atomic E-state index is -0.00897. The molecule has 5 heterocycles. The Morgan fingerprint density at radius 1 is 0.936 bits per heavy atom. The molecule has 1 saturated heterocycles. The summed E-state index contributed by atoms with van der Waals surface area (Å²) < 4.78 is 6.83. The number of rotatable bonds is 5. The van der Waals surface area contributed by atoms with Gasteiger partial charge in [0, 0.05) is 61.2 Å². The van der Waals surface area contributed by atoms with Gasteiger partial charge in [0.25, 0.3) is 0 Å². The van der Waals surface area contributed by atoms with E-state index in [0.717, 1.165) is 54.9 Å². The SMILES string of the molecule is CN1C=CC(c2cc(-c3ccncc3)cc(C3C=C(N4C5C=CC6=C(OC(C7C=CC=CC7)N6)C5C5C=CCCC54)C=CC3)n2)=CC1. The molecule has 1 N–H and O–H groups in total. The number of ether oxygens (including phenoxy) is 1. The van der Waals surface area contributed by atoms with E-state index in [2.05, 4.69) is 137 Å². The predicted octanol–water partition coefficient (Wildman–Crippen LogP) is 7.41. The Bertz CT molecular complexity index is 1840. The number of likely N-dealkylation sites (N-methyl/N-ethyl adjacent to an activating group) is 1. The number of likely N-dealkylation sites (tertiary alicyclic amines) is 1. The van der Waals surface area contributed by atoms with Gasteiger partial charge >= 0.3 is 0 Å².